The van der Waals surface area contributed by atoms with Gasteiger partial charge in [-0.1, -0.05) is 26.0 Å². The minimum atomic E-state index is -0.985. The molecule has 0 bridgehead atoms. The molecule has 0 radical (unpaired) electrons. The molecule has 3 rings (SSSR count). The van der Waals surface area contributed by atoms with Crippen LogP contribution in [0.3, 0.4) is 0 Å². The maximum absolute atomic E-state index is 11.7. The number of ether oxygens (including phenoxy) is 1. The standard InChI is InChI=1S/C21H32O5/c1-13(5-6-14(12-22)19(2,3)24)15-7-10-21(25)16-11-18(23)26-17(16)8-9-20(15,21)4/h5-6,11,13-15,17,22,24-25H,7-10,12H2,1-4H3/t13-,14-,15-,17+,20-,21-/m1/s1. The zero-order chi connectivity index (χ0) is 19.3. The molecule has 3 aliphatic rings. The fourth-order valence-corrected chi connectivity index (χ4v) is 5.44. The topological polar surface area (TPSA) is 87.0 Å². The lowest BCUT2D eigenvalue weighted by molar-refractivity contribution is -0.143. The van der Waals surface area contributed by atoms with Crippen LogP contribution in [0.1, 0.15) is 53.4 Å². The van der Waals surface area contributed by atoms with Crippen LogP contribution in [0.25, 0.3) is 0 Å². The minimum absolute atomic E-state index is 0.105. The number of carbonyl (C=O) groups is 1. The first-order chi connectivity index (χ1) is 12.0. The third kappa shape index (κ3) is 2.94. The molecule has 5 nitrogen and oxygen atoms in total. The zero-order valence-electron chi connectivity index (χ0n) is 16.2. The molecule has 0 spiro atoms. The van der Waals surface area contributed by atoms with Crippen molar-refractivity contribution >= 4 is 5.97 Å². The summed E-state index contributed by atoms with van der Waals surface area (Å²) in [4.78, 5) is 11.7. The van der Waals surface area contributed by atoms with Crippen LogP contribution in [0.2, 0.25) is 0 Å². The third-order valence-corrected chi connectivity index (χ3v) is 7.25. The van der Waals surface area contributed by atoms with Gasteiger partial charge in [-0.15, -0.1) is 0 Å². The van der Waals surface area contributed by atoms with E-state index in [2.05, 4.69) is 19.9 Å². The van der Waals surface area contributed by atoms with E-state index in [1.165, 1.54) is 6.08 Å². The van der Waals surface area contributed by atoms with Gasteiger partial charge >= 0.3 is 5.97 Å². The molecule has 0 aromatic rings. The Bertz CT molecular complexity index is 631. The SMILES string of the molecule is C[C@H](C=C[C@H](CO)C(C)(C)O)[C@H]1CC[C@@]2(O)C3=CC(=O)O[C@H]3CC[C@]12C. The summed E-state index contributed by atoms with van der Waals surface area (Å²) >= 11 is 0. The van der Waals surface area contributed by atoms with E-state index < -0.39 is 11.2 Å². The maximum atomic E-state index is 11.7. The van der Waals surface area contributed by atoms with Gasteiger partial charge in [0.15, 0.2) is 0 Å². The van der Waals surface area contributed by atoms with Crippen molar-refractivity contribution in [1.29, 1.82) is 0 Å². The second-order valence-corrected chi connectivity index (χ2v) is 9.17. The van der Waals surface area contributed by atoms with E-state index in [9.17, 15) is 20.1 Å². The van der Waals surface area contributed by atoms with Gasteiger partial charge in [-0.3, -0.25) is 0 Å². The van der Waals surface area contributed by atoms with Crippen LogP contribution in [0.5, 0.6) is 0 Å². The Hall–Kier alpha value is -1.17. The van der Waals surface area contributed by atoms with Gasteiger partial charge in [-0.25, -0.2) is 4.79 Å². The molecule has 1 aliphatic heterocycles. The summed E-state index contributed by atoms with van der Waals surface area (Å²) < 4.78 is 5.35. The van der Waals surface area contributed by atoms with E-state index in [4.69, 9.17) is 4.74 Å². The number of carbonyl (C=O) groups excluding carboxylic acids is 1. The van der Waals surface area contributed by atoms with Crippen molar-refractivity contribution in [2.45, 2.75) is 70.7 Å². The van der Waals surface area contributed by atoms with E-state index >= 15 is 0 Å². The number of rotatable bonds is 5. The smallest absolute Gasteiger partial charge is 0.331 e. The Kier molecular flexibility index (Phi) is 4.87. The first kappa shape index (κ1) is 19.6. The Morgan fingerprint density at radius 3 is 2.65 bits per heavy atom. The van der Waals surface area contributed by atoms with Crippen molar-refractivity contribution in [2.24, 2.45) is 23.2 Å². The Labute approximate surface area is 155 Å². The van der Waals surface area contributed by atoms with Crippen molar-refractivity contribution in [2.75, 3.05) is 6.61 Å². The van der Waals surface area contributed by atoms with Crippen LogP contribution in [-0.2, 0) is 9.53 Å². The number of allylic oxidation sites excluding steroid dienone is 1. The van der Waals surface area contributed by atoms with Crippen molar-refractivity contribution < 1.29 is 24.9 Å². The van der Waals surface area contributed by atoms with Crippen molar-refractivity contribution in [1.82, 2.24) is 0 Å². The monoisotopic (exact) mass is 364 g/mol. The van der Waals surface area contributed by atoms with Gasteiger partial charge in [-0.2, -0.15) is 0 Å². The summed E-state index contributed by atoms with van der Waals surface area (Å²) in [6.07, 6.45) is 8.29. The Morgan fingerprint density at radius 1 is 1.35 bits per heavy atom. The molecule has 0 saturated heterocycles. The highest BCUT2D eigenvalue weighted by Crippen LogP contribution is 2.62. The molecule has 2 fully saturated rings. The van der Waals surface area contributed by atoms with Gasteiger partial charge in [0.25, 0.3) is 0 Å². The lowest BCUT2D eigenvalue weighted by Gasteiger charge is -2.50. The lowest BCUT2D eigenvalue weighted by atomic mass is 9.58. The molecular formula is C21H32O5. The van der Waals surface area contributed by atoms with Gasteiger partial charge < -0.3 is 20.1 Å². The quantitative estimate of drug-likeness (QED) is 0.515. The molecule has 5 heteroatoms. The van der Waals surface area contributed by atoms with E-state index in [0.29, 0.717) is 6.42 Å². The average Bonchev–Trinajstić information content (AvgIpc) is 3.04. The summed E-state index contributed by atoms with van der Waals surface area (Å²) in [7, 11) is 0. The molecule has 2 saturated carbocycles. The summed E-state index contributed by atoms with van der Waals surface area (Å²) in [6.45, 7) is 7.56. The number of hydrogen-bond donors (Lipinski definition) is 3. The fraction of sp³-hybridized carbons (Fsp3) is 0.762. The van der Waals surface area contributed by atoms with Gasteiger partial charge in [0.05, 0.1) is 17.8 Å². The van der Waals surface area contributed by atoms with E-state index in [1.807, 2.05) is 6.08 Å². The highest BCUT2D eigenvalue weighted by Gasteiger charge is 2.63. The summed E-state index contributed by atoms with van der Waals surface area (Å²) in [5.41, 5.74) is -1.51. The largest absolute Gasteiger partial charge is 0.455 e. The predicted octanol–water partition coefficient (Wildman–Crippen LogP) is 2.35. The van der Waals surface area contributed by atoms with Gasteiger partial charge in [0, 0.05) is 23.0 Å². The second-order valence-electron chi connectivity index (χ2n) is 9.17. The molecule has 146 valence electrons. The molecule has 2 aliphatic carbocycles. The fourth-order valence-electron chi connectivity index (χ4n) is 5.44. The molecule has 1 heterocycles. The lowest BCUT2D eigenvalue weighted by Crippen LogP contribution is -2.53. The number of hydrogen-bond acceptors (Lipinski definition) is 5. The van der Waals surface area contributed by atoms with Crippen LogP contribution >= 0.6 is 0 Å². The number of aliphatic hydroxyl groups excluding tert-OH is 1. The molecule has 26 heavy (non-hydrogen) atoms. The number of esters is 1. The van der Waals surface area contributed by atoms with Crippen molar-refractivity contribution in [3.8, 4) is 0 Å². The predicted molar refractivity (Wildman–Crippen MR) is 98.2 cm³/mol. The first-order valence-corrected chi connectivity index (χ1v) is 9.69. The Morgan fingerprint density at radius 2 is 2.04 bits per heavy atom. The van der Waals surface area contributed by atoms with Gasteiger partial charge in [-0.05, 0) is 51.4 Å². The van der Waals surface area contributed by atoms with E-state index in [0.717, 1.165) is 24.8 Å². The summed E-state index contributed by atoms with van der Waals surface area (Å²) in [6, 6.07) is 0. The third-order valence-electron chi connectivity index (χ3n) is 7.25. The average molecular weight is 364 g/mol. The second kappa shape index (κ2) is 6.47. The summed E-state index contributed by atoms with van der Waals surface area (Å²) in [5.74, 6) is -0.199. The highest BCUT2D eigenvalue weighted by molar-refractivity contribution is 5.86. The first-order valence-electron chi connectivity index (χ1n) is 9.69. The minimum Gasteiger partial charge on any atom is -0.455 e. The van der Waals surface area contributed by atoms with Crippen molar-refractivity contribution in [3.63, 3.8) is 0 Å². The van der Waals surface area contributed by atoms with Crippen molar-refractivity contribution in [3.05, 3.63) is 23.8 Å². The number of aliphatic hydroxyl groups is 3. The molecule has 0 amide bonds. The Balaban J connectivity index is 1.82. The van der Waals surface area contributed by atoms with Crippen LogP contribution in [-0.4, -0.2) is 45.2 Å². The van der Waals surface area contributed by atoms with Crippen LogP contribution in [0, 0.1) is 23.2 Å². The maximum Gasteiger partial charge on any atom is 0.331 e. The molecule has 3 N–H and O–H groups in total. The molecular weight excluding hydrogens is 332 g/mol. The zero-order valence-corrected chi connectivity index (χ0v) is 16.2. The van der Waals surface area contributed by atoms with E-state index in [-0.39, 0.29) is 41.8 Å². The van der Waals surface area contributed by atoms with Crippen LogP contribution in [0.4, 0.5) is 0 Å². The van der Waals surface area contributed by atoms with Gasteiger partial charge in [0.1, 0.15) is 6.10 Å². The summed E-state index contributed by atoms with van der Waals surface area (Å²) in [5, 5.41) is 31.2. The normalized spacial score (nSPS) is 39.3. The molecule has 0 unspecified atom stereocenters. The number of fused-ring (bicyclic) bond motifs is 3. The molecule has 0 aromatic heterocycles. The van der Waals surface area contributed by atoms with Gasteiger partial charge in [0.2, 0.25) is 0 Å². The molecule has 0 aromatic carbocycles. The van der Waals surface area contributed by atoms with Crippen LogP contribution < -0.4 is 0 Å². The van der Waals surface area contributed by atoms with Crippen LogP contribution in [0.15, 0.2) is 23.8 Å². The van der Waals surface area contributed by atoms with E-state index in [1.54, 1.807) is 13.8 Å². The highest BCUT2D eigenvalue weighted by atomic mass is 16.5. The molecule has 6 atom stereocenters.